The quantitative estimate of drug-likeness (QED) is 0.703. The van der Waals surface area contributed by atoms with E-state index in [-0.39, 0.29) is 17.9 Å². The highest BCUT2D eigenvalue weighted by atomic mass is 16.5. The van der Waals surface area contributed by atoms with Crippen LogP contribution in [0, 0.1) is 23.7 Å². The highest BCUT2D eigenvalue weighted by molar-refractivity contribution is 5.93. The first-order valence-corrected chi connectivity index (χ1v) is 6.90. The van der Waals surface area contributed by atoms with Crippen LogP contribution in [0.25, 0.3) is 0 Å². The highest BCUT2D eigenvalue weighted by Gasteiger charge is 2.60. The molecule has 6 heteroatoms. The number of hydrogen-bond acceptors (Lipinski definition) is 5. The number of amides is 1. The Morgan fingerprint density at radius 3 is 2.25 bits per heavy atom. The molecule has 3 rings (SSSR count). The monoisotopic (exact) mass is 283 g/mol. The Balaban J connectivity index is 2.45. The van der Waals surface area contributed by atoms with Gasteiger partial charge in [-0.3, -0.25) is 14.4 Å². The molecule has 0 N–H and O–H groups in total. The number of nitrogens with zero attached hydrogens (tertiary/aromatic N) is 1. The molecule has 0 aromatic carbocycles. The number of hydrogen-bond donors (Lipinski definition) is 0. The SMILES string of the molecule is CC[C@@H]1C[C@H]2C(=O)N(C)[C@H]1[C@H](C(=O)OC)[C@H]2C(=O)OC. The lowest BCUT2D eigenvalue weighted by Crippen LogP contribution is -2.66. The summed E-state index contributed by atoms with van der Waals surface area (Å²) in [5.41, 5.74) is 0. The molecule has 2 saturated heterocycles. The summed E-state index contributed by atoms with van der Waals surface area (Å²) < 4.78 is 9.66. The lowest BCUT2D eigenvalue weighted by molar-refractivity contribution is -0.185. The molecule has 112 valence electrons. The number of rotatable bonds is 3. The van der Waals surface area contributed by atoms with Crippen molar-refractivity contribution >= 4 is 17.8 Å². The number of methoxy groups -OCH3 is 2. The fourth-order valence-corrected chi connectivity index (χ4v) is 3.87. The number of fused-ring (bicyclic) bond motifs is 3. The van der Waals surface area contributed by atoms with E-state index in [1.54, 1.807) is 11.9 Å². The summed E-state index contributed by atoms with van der Waals surface area (Å²) in [6.45, 7) is 2.03. The molecule has 6 nitrogen and oxygen atoms in total. The topological polar surface area (TPSA) is 72.9 Å². The molecule has 3 fully saturated rings. The average molecular weight is 283 g/mol. The Morgan fingerprint density at radius 1 is 1.20 bits per heavy atom. The van der Waals surface area contributed by atoms with Crippen LogP contribution in [0.1, 0.15) is 19.8 Å². The van der Waals surface area contributed by atoms with Crippen LogP contribution in [0.15, 0.2) is 0 Å². The fourth-order valence-electron chi connectivity index (χ4n) is 3.87. The van der Waals surface area contributed by atoms with Crippen LogP contribution in [-0.2, 0) is 23.9 Å². The van der Waals surface area contributed by atoms with Crippen molar-refractivity contribution in [3.8, 4) is 0 Å². The summed E-state index contributed by atoms with van der Waals surface area (Å²) in [5.74, 6) is -2.61. The first kappa shape index (κ1) is 14.8. The maximum Gasteiger partial charge on any atom is 0.311 e. The summed E-state index contributed by atoms with van der Waals surface area (Å²) in [4.78, 5) is 38.1. The van der Waals surface area contributed by atoms with Gasteiger partial charge in [-0.1, -0.05) is 13.3 Å². The minimum Gasteiger partial charge on any atom is -0.469 e. The first-order chi connectivity index (χ1) is 9.47. The van der Waals surface area contributed by atoms with E-state index < -0.39 is 29.7 Å². The lowest BCUT2D eigenvalue weighted by Gasteiger charge is -2.53. The minimum absolute atomic E-state index is 0.0738. The minimum atomic E-state index is -0.719. The summed E-state index contributed by atoms with van der Waals surface area (Å²) in [6.07, 6.45) is 1.50. The molecule has 5 atom stereocenters. The zero-order valence-electron chi connectivity index (χ0n) is 12.3. The molecular weight excluding hydrogens is 262 g/mol. The zero-order chi connectivity index (χ0) is 15.0. The van der Waals surface area contributed by atoms with E-state index in [4.69, 9.17) is 9.47 Å². The maximum absolute atomic E-state index is 12.3. The van der Waals surface area contributed by atoms with Gasteiger partial charge in [0.1, 0.15) is 0 Å². The van der Waals surface area contributed by atoms with Gasteiger partial charge in [0.25, 0.3) is 0 Å². The van der Waals surface area contributed by atoms with Crippen LogP contribution >= 0.6 is 0 Å². The van der Waals surface area contributed by atoms with Crippen molar-refractivity contribution in [2.45, 2.75) is 25.8 Å². The molecule has 2 aliphatic heterocycles. The Labute approximate surface area is 118 Å². The fraction of sp³-hybridized carbons (Fsp3) is 0.786. The molecule has 1 amide bonds. The van der Waals surface area contributed by atoms with Crippen LogP contribution in [0.3, 0.4) is 0 Å². The first-order valence-electron chi connectivity index (χ1n) is 6.90. The van der Waals surface area contributed by atoms with Crippen LogP contribution in [0.2, 0.25) is 0 Å². The standard InChI is InChI=1S/C14H21NO5/c1-5-7-6-8-9(13(17)19-3)10(14(18)20-4)11(7)15(2)12(8)16/h7-11H,5-6H2,1-4H3/t7-,8-,9+,10-,11-/m1/s1. The van der Waals surface area contributed by atoms with Gasteiger partial charge >= 0.3 is 11.9 Å². The van der Waals surface area contributed by atoms with Gasteiger partial charge in [0, 0.05) is 13.1 Å². The number of esters is 2. The van der Waals surface area contributed by atoms with Gasteiger partial charge in [0.15, 0.2) is 0 Å². The molecule has 20 heavy (non-hydrogen) atoms. The molecule has 0 unspecified atom stereocenters. The molecule has 2 heterocycles. The maximum atomic E-state index is 12.3. The summed E-state index contributed by atoms with van der Waals surface area (Å²) >= 11 is 0. The van der Waals surface area contributed by atoms with E-state index in [1.807, 2.05) is 6.92 Å². The van der Waals surface area contributed by atoms with Crippen molar-refractivity contribution in [1.82, 2.24) is 4.90 Å². The summed E-state index contributed by atoms with van der Waals surface area (Å²) in [5, 5.41) is 0. The predicted molar refractivity (Wildman–Crippen MR) is 69.5 cm³/mol. The number of piperidine rings is 2. The van der Waals surface area contributed by atoms with Crippen molar-refractivity contribution in [1.29, 1.82) is 0 Å². The molecule has 0 radical (unpaired) electrons. The number of carbonyl (C=O) groups excluding carboxylic acids is 3. The second kappa shape index (κ2) is 5.42. The van der Waals surface area contributed by atoms with Crippen LogP contribution in [-0.4, -0.2) is 50.1 Å². The van der Waals surface area contributed by atoms with E-state index in [0.29, 0.717) is 6.42 Å². The van der Waals surface area contributed by atoms with Gasteiger partial charge in [-0.05, 0) is 12.3 Å². The molecule has 1 saturated carbocycles. The van der Waals surface area contributed by atoms with Crippen molar-refractivity contribution in [2.24, 2.45) is 23.7 Å². The van der Waals surface area contributed by atoms with Crippen molar-refractivity contribution < 1.29 is 23.9 Å². The van der Waals surface area contributed by atoms with Gasteiger partial charge in [-0.2, -0.15) is 0 Å². The van der Waals surface area contributed by atoms with Gasteiger partial charge in [-0.25, -0.2) is 0 Å². The normalized spacial score (nSPS) is 35.9. The third-order valence-corrected chi connectivity index (χ3v) is 4.81. The van der Waals surface area contributed by atoms with Crippen LogP contribution in [0.4, 0.5) is 0 Å². The Morgan fingerprint density at radius 2 is 1.75 bits per heavy atom. The van der Waals surface area contributed by atoms with Crippen LogP contribution < -0.4 is 0 Å². The summed E-state index contributed by atoms with van der Waals surface area (Å²) in [6, 6.07) is -0.283. The van der Waals surface area contributed by atoms with Gasteiger partial charge in [0.2, 0.25) is 5.91 Å². The molecule has 0 aromatic rings. The second-order valence-electron chi connectivity index (χ2n) is 5.55. The molecular formula is C14H21NO5. The van der Waals surface area contributed by atoms with Crippen LogP contribution in [0.5, 0.6) is 0 Å². The van der Waals surface area contributed by atoms with E-state index >= 15 is 0 Å². The van der Waals surface area contributed by atoms with Gasteiger partial charge < -0.3 is 14.4 Å². The molecule has 1 aliphatic carbocycles. The van der Waals surface area contributed by atoms with E-state index in [0.717, 1.165) is 6.42 Å². The number of ether oxygens (including phenoxy) is 2. The van der Waals surface area contributed by atoms with Crippen molar-refractivity contribution in [3.63, 3.8) is 0 Å². The van der Waals surface area contributed by atoms with E-state index in [2.05, 4.69) is 0 Å². The van der Waals surface area contributed by atoms with E-state index in [9.17, 15) is 14.4 Å². The highest BCUT2D eigenvalue weighted by Crippen LogP contribution is 2.48. The van der Waals surface area contributed by atoms with Crippen molar-refractivity contribution in [2.75, 3.05) is 21.3 Å². The average Bonchev–Trinajstić information content (AvgIpc) is 2.48. The Kier molecular flexibility index (Phi) is 4.01. The zero-order valence-corrected chi connectivity index (χ0v) is 12.3. The third kappa shape index (κ3) is 1.98. The van der Waals surface area contributed by atoms with E-state index in [1.165, 1.54) is 14.2 Å². The molecule has 0 aromatic heterocycles. The van der Waals surface area contributed by atoms with Crippen molar-refractivity contribution in [3.05, 3.63) is 0 Å². The largest absolute Gasteiger partial charge is 0.469 e. The number of carbonyl (C=O) groups is 3. The second-order valence-corrected chi connectivity index (χ2v) is 5.55. The lowest BCUT2D eigenvalue weighted by atomic mass is 9.60. The Bertz CT molecular complexity index is 435. The predicted octanol–water partition coefficient (Wildman–Crippen LogP) is 0.452. The smallest absolute Gasteiger partial charge is 0.311 e. The molecule has 2 bridgehead atoms. The Hall–Kier alpha value is -1.59. The summed E-state index contributed by atoms with van der Waals surface area (Å²) in [7, 11) is 4.29. The third-order valence-electron chi connectivity index (χ3n) is 4.81. The van der Waals surface area contributed by atoms with Gasteiger partial charge in [-0.15, -0.1) is 0 Å². The molecule has 0 spiro atoms. The van der Waals surface area contributed by atoms with Gasteiger partial charge in [0.05, 0.1) is 32.0 Å². The molecule has 3 aliphatic rings.